The van der Waals surface area contributed by atoms with Crippen LogP contribution in [0.2, 0.25) is 5.02 Å². The minimum atomic E-state index is -0.827. The Hall–Kier alpha value is -0.850. The summed E-state index contributed by atoms with van der Waals surface area (Å²) in [6.45, 7) is 0.880. The van der Waals surface area contributed by atoms with Crippen LogP contribution in [0.5, 0.6) is 0 Å². The van der Waals surface area contributed by atoms with Gasteiger partial charge in [-0.1, -0.05) is 23.4 Å². The van der Waals surface area contributed by atoms with Gasteiger partial charge in [-0.3, -0.25) is 4.79 Å². The summed E-state index contributed by atoms with van der Waals surface area (Å²) in [5, 5.41) is 10.9. The van der Waals surface area contributed by atoms with E-state index in [-0.39, 0.29) is 5.75 Å². The number of hydrogen-bond donors (Lipinski definition) is 1. The number of benzene rings is 1. The van der Waals surface area contributed by atoms with E-state index in [9.17, 15) is 4.79 Å². The van der Waals surface area contributed by atoms with Gasteiger partial charge in [-0.05, 0) is 36.8 Å². The van der Waals surface area contributed by atoms with Gasteiger partial charge >= 0.3 is 5.97 Å². The molecular formula is C14H15ClN2O2S2. The monoisotopic (exact) mass is 342 g/mol. The van der Waals surface area contributed by atoms with E-state index >= 15 is 0 Å². The molecular weight excluding hydrogens is 328 g/mol. The predicted octanol–water partition coefficient (Wildman–Crippen LogP) is 3.76. The zero-order valence-electron chi connectivity index (χ0n) is 11.3. The van der Waals surface area contributed by atoms with Crippen LogP contribution in [0.3, 0.4) is 0 Å². The fourth-order valence-electron chi connectivity index (χ4n) is 2.49. The average Bonchev–Trinajstić information content (AvgIpc) is 3.05. The number of fused-ring (bicyclic) bond motifs is 1. The summed E-state index contributed by atoms with van der Waals surface area (Å²) in [4.78, 5) is 15.4. The van der Waals surface area contributed by atoms with E-state index in [1.165, 1.54) is 30.4 Å². The Morgan fingerprint density at radius 2 is 2.43 bits per heavy atom. The highest BCUT2D eigenvalue weighted by atomic mass is 35.5. The molecule has 0 radical (unpaired) electrons. The molecule has 1 aromatic carbocycles. The Balaban J connectivity index is 1.95. The predicted molar refractivity (Wildman–Crippen MR) is 88.6 cm³/mol. The van der Waals surface area contributed by atoms with Gasteiger partial charge in [0.2, 0.25) is 0 Å². The van der Waals surface area contributed by atoms with Crippen molar-refractivity contribution in [2.24, 2.45) is 0 Å². The van der Waals surface area contributed by atoms with E-state index in [0.717, 1.165) is 22.7 Å². The SMILES string of the molecule is O=C(O)CSc1nc2cc(Cl)ccc2n1CC1CCCS1. The molecule has 1 atom stereocenters. The van der Waals surface area contributed by atoms with Crippen LogP contribution in [0.4, 0.5) is 0 Å². The summed E-state index contributed by atoms with van der Waals surface area (Å²) in [6.07, 6.45) is 2.46. The van der Waals surface area contributed by atoms with E-state index in [4.69, 9.17) is 16.7 Å². The zero-order chi connectivity index (χ0) is 14.8. The summed E-state index contributed by atoms with van der Waals surface area (Å²) in [5.74, 6) is 0.405. The largest absolute Gasteiger partial charge is 0.481 e. The van der Waals surface area contributed by atoms with Crippen LogP contribution in [0.1, 0.15) is 12.8 Å². The molecule has 0 amide bonds. The van der Waals surface area contributed by atoms with Crippen LogP contribution in [0, 0.1) is 0 Å². The molecule has 3 rings (SSSR count). The lowest BCUT2D eigenvalue weighted by Crippen LogP contribution is -2.11. The molecule has 1 aliphatic heterocycles. The molecule has 21 heavy (non-hydrogen) atoms. The Morgan fingerprint density at radius 1 is 1.57 bits per heavy atom. The number of carbonyl (C=O) groups is 1. The van der Waals surface area contributed by atoms with Gasteiger partial charge in [-0.25, -0.2) is 4.98 Å². The number of aromatic nitrogens is 2. The average molecular weight is 343 g/mol. The van der Waals surface area contributed by atoms with Crippen molar-refractivity contribution in [3.63, 3.8) is 0 Å². The maximum absolute atomic E-state index is 10.8. The first-order valence-corrected chi connectivity index (χ1v) is 9.16. The van der Waals surface area contributed by atoms with E-state index in [1.807, 2.05) is 30.0 Å². The van der Waals surface area contributed by atoms with Crippen LogP contribution in [0.15, 0.2) is 23.4 Å². The smallest absolute Gasteiger partial charge is 0.313 e. The van der Waals surface area contributed by atoms with E-state index in [0.29, 0.717) is 10.3 Å². The third-order valence-corrected chi connectivity index (χ3v) is 5.99. The van der Waals surface area contributed by atoms with Gasteiger partial charge in [0, 0.05) is 16.8 Å². The topological polar surface area (TPSA) is 55.1 Å². The van der Waals surface area contributed by atoms with Crippen molar-refractivity contribution in [1.29, 1.82) is 0 Å². The van der Waals surface area contributed by atoms with Gasteiger partial charge in [-0.2, -0.15) is 11.8 Å². The maximum Gasteiger partial charge on any atom is 0.313 e. The molecule has 1 aromatic heterocycles. The number of halogens is 1. The van der Waals surface area contributed by atoms with Gasteiger partial charge in [0.25, 0.3) is 0 Å². The third-order valence-electron chi connectivity index (χ3n) is 3.41. The first-order chi connectivity index (χ1) is 10.1. The van der Waals surface area contributed by atoms with Crippen molar-refractivity contribution >= 4 is 52.1 Å². The second-order valence-corrected chi connectivity index (χ2v) is 7.74. The molecule has 0 saturated carbocycles. The normalized spacial score (nSPS) is 18.4. The Morgan fingerprint density at radius 3 is 3.14 bits per heavy atom. The van der Waals surface area contributed by atoms with Crippen LogP contribution in [-0.4, -0.2) is 37.4 Å². The molecule has 112 valence electrons. The molecule has 1 saturated heterocycles. The lowest BCUT2D eigenvalue weighted by atomic mass is 10.2. The van der Waals surface area contributed by atoms with Crippen molar-refractivity contribution in [1.82, 2.24) is 9.55 Å². The molecule has 2 heterocycles. The van der Waals surface area contributed by atoms with Crippen molar-refractivity contribution < 1.29 is 9.90 Å². The van der Waals surface area contributed by atoms with Crippen LogP contribution in [-0.2, 0) is 11.3 Å². The summed E-state index contributed by atoms with van der Waals surface area (Å²) in [7, 11) is 0. The second kappa shape index (κ2) is 6.50. The summed E-state index contributed by atoms with van der Waals surface area (Å²) in [5.41, 5.74) is 1.86. The quantitative estimate of drug-likeness (QED) is 0.838. The molecule has 1 fully saturated rings. The highest BCUT2D eigenvalue weighted by Crippen LogP contribution is 2.32. The molecule has 1 unspecified atom stereocenters. The number of rotatable bonds is 5. The number of aliphatic carboxylic acids is 1. The first-order valence-electron chi connectivity index (χ1n) is 6.75. The van der Waals surface area contributed by atoms with Crippen LogP contribution < -0.4 is 0 Å². The van der Waals surface area contributed by atoms with Crippen molar-refractivity contribution in [3.05, 3.63) is 23.2 Å². The maximum atomic E-state index is 10.8. The number of imidazole rings is 1. The van der Waals surface area contributed by atoms with E-state index in [2.05, 4.69) is 9.55 Å². The van der Waals surface area contributed by atoms with Crippen molar-refractivity contribution in [2.75, 3.05) is 11.5 Å². The number of carboxylic acids is 1. The number of hydrogen-bond acceptors (Lipinski definition) is 4. The van der Waals surface area contributed by atoms with Crippen LogP contribution >= 0.6 is 35.1 Å². The number of nitrogens with zero attached hydrogens (tertiary/aromatic N) is 2. The minimum Gasteiger partial charge on any atom is -0.481 e. The molecule has 1 N–H and O–H groups in total. The van der Waals surface area contributed by atoms with Crippen molar-refractivity contribution in [2.45, 2.75) is 29.8 Å². The highest BCUT2D eigenvalue weighted by Gasteiger charge is 2.20. The second-order valence-electron chi connectivity index (χ2n) is 4.96. The summed E-state index contributed by atoms with van der Waals surface area (Å²) in [6, 6.07) is 5.66. The highest BCUT2D eigenvalue weighted by molar-refractivity contribution is 8.00. The Kier molecular flexibility index (Phi) is 4.66. The fraction of sp³-hybridized carbons (Fsp3) is 0.429. The van der Waals surface area contributed by atoms with Gasteiger partial charge in [-0.15, -0.1) is 0 Å². The number of thioether (sulfide) groups is 2. The molecule has 0 spiro atoms. The molecule has 0 bridgehead atoms. The lowest BCUT2D eigenvalue weighted by molar-refractivity contribution is -0.133. The Labute approximate surface area is 136 Å². The van der Waals surface area contributed by atoms with Gasteiger partial charge < -0.3 is 9.67 Å². The zero-order valence-corrected chi connectivity index (χ0v) is 13.7. The minimum absolute atomic E-state index is 0.0227. The summed E-state index contributed by atoms with van der Waals surface area (Å²) >= 11 is 9.28. The molecule has 1 aliphatic rings. The fourth-order valence-corrected chi connectivity index (χ4v) is 4.65. The Bertz CT molecular complexity index is 668. The lowest BCUT2D eigenvalue weighted by Gasteiger charge is -2.13. The third kappa shape index (κ3) is 3.49. The van der Waals surface area contributed by atoms with Crippen molar-refractivity contribution in [3.8, 4) is 0 Å². The molecule has 7 heteroatoms. The van der Waals surface area contributed by atoms with Crippen LogP contribution in [0.25, 0.3) is 11.0 Å². The van der Waals surface area contributed by atoms with Gasteiger partial charge in [0.1, 0.15) is 0 Å². The molecule has 2 aromatic rings. The first kappa shape index (κ1) is 15.1. The molecule has 0 aliphatic carbocycles. The van der Waals surface area contributed by atoms with E-state index in [1.54, 1.807) is 0 Å². The van der Waals surface area contributed by atoms with Gasteiger partial charge in [0.15, 0.2) is 5.16 Å². The standard InChI is InChI=1S/C14H15ClN2O2S2/c15-9-3-4-12-11(6-9)16-14(21-8-13(18)19)17(12)7-10-2-1-5-20-10/h3-4,6,10H,1-2,5,7-8H2,(H,18,19). The van der Waals surface area contributed by atoms with E-state index < -0.39 is 5.97 Å². The molecule has 4 nitrogen and oxygen atoms in total. The summed E-state index contributed by atoms with van der Waals surface area (Å²) < 4.78 is 2.14. The number of carboxylic acid groups (broad SMARTS) is 1. The van der Waals surface area contributed by atoms with Gasteiger partial charge in [0.05, 0.1) is 16.8 Å².